The fraction of sp³-hybridized carbons (Fsp3) is 0.0400. The molecule has 12 heteroatoms. The van der Waals surface area contributed by atoms with Crippen molar-refractivity contribution in [2.75, 3.05) is 28.4 Å². The van der Waals surface area contributed by atoms with Crippen molar-refractivity contribution >= 4 is 47.4 Å². The molecule has 0 fully saturated rings. The number of benzene rings is 14. The summed E-state index contributed by atoms with van der Waals surface area (Å²) in [4.78, 5) is 47.6. The van der Waals surface area contributed by atoms with Crippen LogP contribution >= 0.6 is 0 Å². The molecule has 12 nitrogen and oxygen atoms in total. The number of carbonyl (C=O) groups excluding carboxylic acids is 4. The van der Waals surface area contributed by atoms with E-state index >= 15 is 0 Å². The summed E-state index contributed by atoms with van der Waals surface area (Å²) >= 11 is 0. The normalized spacial score (nSPS) is 10.5. The number of methoxy groups -OCH3 is 4. The number of carbonyl (C=O) groups is 4. The molecule has 0 amide bonds. The third-order valence-corrected chi connectivity index (χ3v) is 17.0. The molecule has 0 aliphatic heterocycles. The first-order chi connectivity index (χ1) is 54.7. The third-order valence-electron chi connectivity index (χ3n) is 17.0. The fourth-order valence-electron chi connectivity index (χ4n) is 10.9. The molecule has 556 valence electrons. The first-order valence-corrected chi connectivity index (χ1v) is 35.7. The van der Waals surface area contributed by atoms with Crippen molar-refractivity contribution < 1.29 is 58.6 Å². The molecule has 14 aromatic rings. The first kappa shape index (κ1) is 81.2. The Balaban J connectivity index is 0.000000154. The average Bonchev–Trinajstić information content (AvgIpc) is 0.802. The summed E-state index contributed by atoms with van der Waals surface area (Å²) in [5.41, 5.74) is 12.7. The van der Waals surface area contributed by atoms with E-state index in [1.807, 2.05) is 267 Å². The molecule has 0 heterocycles. The Morgan fingerprint density at radius 1 is 0.214 bits per heavy atom. The monoisotopic (exact) mass is 1480 g/mol. The van der Waals surface area contributed by atoms with E-state index in [1.165, 1.54) is 0 Å². The van der Waals surface area contributed by atoms with Crippen molar-refractivity contribution in [3.05, 3.63) is 433 Å². The van der Waals surface area contributed by atoms with Crippen LogP contribution in [-0.4, -0.2) is 72.0 Å². The van der Waals surface area contributed by atoms with Gasteiger partial charge in [-0.2, -0.15) is 0 Å². The average molecular weight is 1480 g/mol. The third kappa shape index (κ3) is 25.7. The van der Waals surface area contributed by atoms with E-state index in [0.717, 1.165) is 67.5 Å². The molecule has 0 aromatic heterocycles. The zero-order chi connectivity index (χ0) is 79.1. The SMILES string of the molecule is COc1ccc(C(=O)/C=C/c2ccccc2)cc1.COc1ccc(C(=O)/C=C/c2ccccc2)cc1.COc1ccc(C(=O)/C=C/c2ccccc2)cc1.COc1ccc(C(=O)/C=C/c2ccccc2)cc1.Oc1cc(-c2ccccc2)c(O)cc1-c1ccccc1.Oc1cc(-c2ccccc2)c(O)cc1-c1ccccc1. The molecule has 0 radical (unpaired) electrons. The Hall–Kier alpha value is -14.9. The van der Waals surface area contributed by atoms with E-state index in [1.54, 1.807) is 174 Å². The van der Waals surface area contributed by atoms with Gasteiger partial charge in [-0.25, -0.2) is 0 Å². The van der Waals surface area contributed by atoms with Crippen LogP contribution < -0.4 is 18.9 Å². The van der Waals surface area contributed by atoms with E-state index in [2.05, 4.69) is 0 Å². The van der Waals surface area contributed by atoms with Gasteiger partial charge < -0.3 is 39.4 Å². The molecule has 112 heavy (non-hydrogen) atoms. The Morgan fingerprint density at radius 2 is 0.366 bits per heavy atom. The Bertz CT molecular complexity index is 4670. The quantitative estimate of drug-likeness (QED) is 0.0322. The minimum absolute atomic E-state index is 0.0125. The minimum atomic E-state index is -0.0125. The van der Waals surface area contributed by atoms with Gasteiger partial charge in [0, 0.05) is 44.5 Å². The lowest BCUT2D eigenvalue weighted by molar-refractivity contribution is 0.103. The van der Waals surface area contributed by atoms with Gasteiger partial charge >= 0.3 is 0 Å². The number of rotatable bonds is 20. The van der Waals surface area contributed by atoms with Crippen molar-refractivity contribution in [3.8, 4) is 90.5 Å². The highest BCUT2D eigenvalue weighted by molar-refractivity contribution is 6.09. The second-order valence-corrected chi connectivity index (χ2v) is 24.6. The lowest BCUT2D eigenvalue weighted by Gasteiger charge is -2.10. The molecule has 4 N–H and O–H groups in total. The van der Waals surface area contributed by atoms with Crippen LogP contribution in [0, 0.1) is 0 Å². The van der Waals surface area contributed by atoms with Gasteiger partial charge in [-0.15, -0.1) is 0 Å². The van der Waals surface area contributed by atoms with E-state index in [9.17, 15) is 39.6 Å². The molecule has 14 rings (SSSR count). The van der Waals surface area contributed by atoms with Crippen LogP contribution in [-0.2, 0) is 0 Å². The van der Waals surface area contributed by atoms with Crippen LogP contribution in [0.4, 0.5) is 0 Å². The molecule has 0 saturated carbocycles. The van der Waals surface area contributed by atoms with Crippen molar-refractivity contribution in [2.45, 2.75) is 0 Å². The second-order valence-electron chi connectivity index (χ2n) is 24.6. The van der Waals surface area contributed by atoms with Gasteiger partial charge in [0.15, 0.2) is 23.1 Å². The second kappa shape index (κ2) is 43.7. The van der Waals surface area contributed by atoms with Gasteiger partial charge in [-0.05, 0) is 190 Å². The standard InChI is InChI=1S/2C18H14O2.4C16H14O2/c2*19-17-12-16(14-9-5-2-6-10-14)18(20)11-15(17)13-7-3-1-4-8-13;4*1-18-15-10-8-14(9-11-15)16(17)12-7-13-5-3-2-4-6-13/h2*1-12,19-20H;4*2-12H,1H3/b;;4*12-7+. The summed E-state index contributed by atoms with van der Waals surface area (Å²) in [6.45, 7) is 0. The summed E-state index contributed by atoms with van der Waals surface area (Å²) in [5.74, 6) is 3.58. The van der Waals surface area contributed by atoms with Gasteiger partial charge in [-0.1, -0.05) is 267 Å². The van der Waals surface area contributed by atoms with Crippen LogP contribution in [0.15, 0.2) is 388 Å². The van der Waals surface area contributed by atoms with Crippen molar-refractivity contribution in [1.82, 2.24) is 0 Å². The van der Waals surface area contributed by atoms with E-state index in [4.69, 9.17) is 18.9 Å². The van der Waals surface area contributed by atoms with Crippen LogP contribution in [0.25, 0.3) is 68.8 Å². The van der Waals surface area contributed by atoms with Gasteiger partial charge in [0.25, 0.3) is 0 Å². The molecule has 0 spiro atoms. The fourth-order valence-corrected chi connectivity index (χ4v) is 10.9. The zero-order valence-corrected chi connectivity index (χ0v) is 62.3. The van der Waals surface area contributed by atoms with Gasteiger partial charge in [0.2, 0.25) is 0 Å². The lowest BCUT2D eigenvalue weighted by Crippen LogP contribution is -1.94. The largest absolute Gasteiger partial charge is 0.507 e. The number of phenols is 4. The van der Waals surface area contributed by atoms with Crippen LogP contribution in [0.5, 0.6) is 46.0 Å². The van der Waals surface area contributed by atoms with E-state index in [-0.39, 0.29) is 46.1 Å². The number of allylic oxidation sites excluding steroid dienone is 4. The number of hydrogen-bond donors (Lipinski definition) is 4. The lowest BCUT2D eigenvalue weighted by atomic mass is 9.98. The molecule has 0 aliphatic rings. The molecular weight excluding hydrogens is 1390 g/mol. The predicted octanol–water partition coefficient (Wildman–Crippen LogP) is 23.2. The summed E-state index contributed by atoms with van der Waals surface area (Å²) in [6.07, 6.45) is 13.6. The van der Waals surface area contributed by atoms with Crippen molar-refractivity contribution in [2.24, 2.45) is 0 Å². The maximum atomic E-state index is 11.9. The number of ketones is 4. The van der Waals surface area contributed by atoms with Gasteiger partial charge in [0.05, 0.1) is 28.4 Å². The Kier molecular flexibility index (Phi) is 31.7. The summed E-state index contributed by atoms with van der Waals surface area (Å²) in [6, 6.07) is 112. The number of aromatic hydroxyl groups is 4. The number of hydrogen-bond acceptors (Lipinski definition) is 12. The molecule has 14 aromatic carbocycles. The van der Waals surface area contributed by atoms with Crippen LogP contribution in [0.2, 0.25) is 0 Å². The molecule has 0 bridgehead atoms. The highest BCUT2D eigenvalue weighted by Gasteiger charge is 2.14. The smallest absolute Gasteiger partial charge is 0.185 e. The highest BCUT2D eigenvalue weighted by atomic mass is 16.5. The molecule has 0 aliphatic carbocycles. The van der Waals surface area contributed by atoms with Crippen LogP contribution in [0.1, 0.15) is 63.7 Å². The number of phenolic OH excluding ortho intramolecular Hbond substituents is 4. The Labute approximate surface area is 654 Å². The van der Waals surface area contributed by atoms with Crippen molar-refractivity contribution in [3.63, 3.8) is 0 Å². The van der Waals surface area contributed by atoms with Gasteiger partial charge in [0.1, 0.15) is 46.0 Å². The molecule has 0 atom stereocenters. The summed E-state index contributed by atoms with van der Waals surface area (Å²) in [5, 5.41) is 40.9. The minimum Gasteiger partial charge on any atom is -0.507 e. The van der Waals surface area contributed by atoms with E-state index in [0.29, 0.717) is 44.5 Å². The maximum absolute atomic E-state index is 11.9. The number of ether oxygens (including phenoxy) is 4. The Morgan fingerprint density at radius 3 is 0.518 bits per heavy atom. The van der Waals surface area contributed by atoms with Crippen molar-refractivity contribution in [1.29, 1.82) is 0 Å². The van der Waals surface area contributed by atoms with Crippen LogP contribution in [0.3, 0.4) is 0 Å². The molecule has 0 saturated heterocycles. The molecular formula is C100H84O12. The van der Waals surface area contributed by atoms with Gasteiger partial charge in [-0.3, -0.25) is 19.2 Å². The summed E-state index contributed by atoms with van der Waals surface area (Å²) in [7, 11) is 6.41. The zero-order valence-electron chi connectivity index (χ0n) is 62.3. The van der Waals surface area contributed by atoms with E-state index < -0.39 is 0 Å². The summed E-state index contributed by atoms with van der Waals surface area (Å²) < 4.78 is 20.2. The topological polar surface area (TPSA) is 186 Å². The highest BCUT2D eigenvalue weighted by Crippen LogP contribution is 2.41. The maximum Gasteiger partial charge on any atom is 0.185 e. The predicted molar refractivity (Wildman–Crippen MR) is 452 cm³/mol. The first-order valence-electron chi connectivity index (χ1n) is 35.7. The molecule has 0 unspecified atom stereocenters.